The quantitative estimate of drug-likeness (QED) is 0.807. The Balaban J connectivity index is 2.37. The lowest BCUT2D eigenvalue weighted by atomic mass is 10.0. The molecule has 1 saturated carbocycles. The average Bonchev–Trinajstić information content (AvgIpc) is 3.14. The maximum absolute atomic E-state index is 12.6. The number of carbonyl (C=O) groups excluding carboxylic acids is 1. The second kappa shape index (κ2) is 4.69. The van der Waals surface area contributed by atoms with Gasteiger partial charge in [-0.3, -0.25) is 4.79 Å². The van der Waals surface area contributed by atoms with Crippen LogP contribution in [0.2, 0.25) is 0 Å². The summed E-state index contributed by atoms with van der Waals surface area (Å²) in [6.45, 7) is 3.54. The molecule has 1 aromatic heterocycles. The van der Waals surface area contributed by atoms with Crippen molar-refractivity contribution in [3.63, 3.8) is 0 Å². The third-order valence-electron chi connectivity index (χ3n) is 3.00. The Bertz CT molecular complexity index is 517. The molecule has 1 aromatic rings. The van der Waals surface area contributed by atoms with Gasteiger partial charge in [0, 0.05) is 12.2 Å². The van der Waals surface area contributed by atoms with Gasteiger partial charge < -0.3 is 4.90 Å². The van der Waals surface area contributed by atoms with Crippen molar-refractivity contribution >= 4 is 21.8 Å². The molecule has 1 amide bonds. The van der Waals surface area contributed by atoms with Gasteiger partial charge in [0.05, 0.1) is 11.6 Å². The number of pyridine rings is 1. The van der Waals surface area contributed by atoms with Crippen LogP contribution in [0.3, 0.4) is 0 Å². The van der Waals surface area contributed by atoms with Crippen LogP contribution in [0.4, 0.5) is 0 Å². The molecular weight excluding hydrogens is 294 g/mol. The number of rotatable bonds is 3. The zero-order chi connectivity index (χ0) is 13.3. The van der Waals surface area contributed by atoms with E-state index < -0.39 is 5.54 Å². The minimum atomic E-state index is -0.798. The number of nitriles is 1. The Kier molecular flexibility index (Phi) is 3.40. The second-order valence-corrected chi connectivity index (χ2v) is 5.67. The molecular formula is C13H14BrN3O. The highest BCUT2D eigenvalue weighted by molar-refractivity contribution is 9.10. The first-order chi connectivity index (χ1) is 8.47. The molecule has 18 heavy (non-hydrogen) atoms. The monoisotopic (exact) mass is 307 g/mol. The van der Waals surface area contributed by atoms with Crippen molar-refractivity contribution in [2.45, 2.75) is 38.3 Å². The van der Waals surface area contributed by atoms with Gasteiger partial charge in [-0.15, -0.1) is 0 Å². The van der Waals surface area contributed by atoms with Gasteiger partial charge in [-0.2, -0.15) is 5.26 Å². The maximum Gasteiger partial charge on any atom is 0.258 e. The van der Waals surface area contributed by atoms with E-state index in [2.05, 4.69) is 27.0 Å². The molecule has 0 spiro atoms. The van der Waals surface area contributed by atoms with Crippen LogP contribution in [0, 0.1) is 11.3 Å². The smallest absolute Gasteiger partial charge is 0.258 e. The molecule has 1 aliphatic carbocycles. The summed E-state index contributed by atoms with van der Waals surface area (Å²) in [4.78, 5) is 18.3. The van der Waals surface area contributed by atoms with E-state index in [1.54, 1.807) is 37.1 Å². The van der Waals surface area contributed by atoms with Gasteiger partial charge in [-0.05, 0) is 54.8 Å². The fourth-order valence-electron chi connectivity index (χ4n) is 1.94. The van der Waals surface area contributed by atoms with Crippen molar-refractivity contribution in [2.24, 2.45) is 0 Å². The van der Waals surface area contributed by atoms with Gasteiger partial charge in [0.2, 0.25) is 0 Å². The molecule has 0 aromatic carbocycles. The van der Waals surface area contributed by atoms with Crippen LogP contribution >= 0.6 is 15.9 Å². The van der Waals surface area contributed by atoms with E-state index in [0.29, 0.717) is 10.2 Å². The predicted octanol–water partition coefficient (Wildman–Crippen LogP) is 2.75. The van der Waals surface area contributed by atoms with Crippen LogP contribution < -0.4 is 0 Å². The van der Waals surface area contributed by atoms with Gasteiger partial charge in [-0.25, -0.2) is 4.98 Å². The molecule has 4 nitrogen and oxygen atoms in total. The van der Waals surface area contributed by atoms with E-state index in [-0.39, 0.29) is 11.9 Å². The maximum atomic E-state index is 12.6. The Morgan fingerprint density at radius 3 is 2.78 bits per heavy atom. The largest absolute Gasteiger partial charge is 0.317 e. The van der Waals surface area contributed by atoms with Crippen LogP contribution in [-0.4, -0.2) is 27.4 Å². The van der Waals surface area contributed by atoms with E-state index in [0.717, 1.165) is 12.8 Å². The minimum Gasteiger partial charge on any atom is -0.317 e. The SMILES string of the molecule is CC(C)(C#N)N(C(=O)c1cccnc1Br)C1CC1. The fraction of sp³-hybridized carbons (Fsp3) is 0.462. The first-order valence-corrected chi connectivity index (χ1v) is 6.62. The molecule has 0 atom stereocenters. The lowest BCUT2D eigenvalue weighted by Gasteiger charge is -2.33. The molecule has 0 bridgehead atoms. The lowest BCUT2D eigenvalue weighted by molar-refractivity contribution is 0.0613. The van der Waals surface area contributed by atoms with Crippen LogP contribution in [0.1, 0.15) is 37.0 Å². The van der Waals surface area contributed by atoms with Gasteiger partial charge in [0.1, 0.15) is 10.1 Å². The molecule has 0 aliphatic heterocycles. The molecule has 0 radical (unpaired) electrons. The lowest BCUT2D eigenvalue weighted by Crippen LogP contribution is -2.48. The molecule has 1 fully saturated rings. The topological polar surface area (TPSA) is 57.0 Å². The first kappa shape index (κ1) is 13.0. The summed E-state index contributed by atoms with van der Waals surface area (Å²) >= 11 is 3.28. The predicted molar refractivity (Wildman–Crippen MR) is 70.8 cm³/mol. The standard InChI is InChI=1S/C13H14BrN3O/c1-13(2,8-15)17(9-5-6-9)12(18)10-4-3-7-16-11(10)14/h3-4,7,9H,5-6H2,1-2H3. The van der Waals surface area contributed by atoms with Crippen molar-refractivity contribution in [3.05, 3.63) is 28.5 Å². The molecule has 1 aliphatic rings. The van der Waals surface area contributed by atoms with Crippen molar-refractivity contribution in [1.82, 2.24) is 9.88 Å². The highest BCUT2D eigenvalue weighted by Crippen LogP contribution is 2.34. The summed E-state index contributed by atoms with van der Waals surface area (Å²) < 4.78 is 0.523. The second-order valence-electron chi connectivity index (χ2n) is 4.92. The van der Waals surface area contributed by atoms with Crippen LogP contribution in [0.5, 0.6) is 0 Å². The summed E-state index contributed by atoms with van der Waals surface area (Å²) in [5.74, 6) is -0.135. The Morgan fingerprint density at radius 1 is 1.61 bits per heavy atom. The molecule has 2 rings (SSSR count). The molecule has 5 heteroatoms. The molecule has 94 valence electrons. The van der Waals surface area contributed by atoms with Crippen molar-refractivity contribution in [1.29, 1.82) is 5.26 Å². The van der Waals surface area contributed by atoms with E-state index in [4.69, 9.17) is 0 Å². The number of nitrogens with zero attached hydrogens (tertiary/aromatic N) is 3. The van der Waals surface area contributed by atoms with Gasteiger partial charge >= 0.3 is 0 Å². The van der Waals surface area contributed by atoms with Crippen molar-refractivity contribution in [2.75, 3.05) is 0 Å². The number of amides is 1. The summed E-state index contributed by atoms with van der Waals surface area (Å²) in [6, 6.07) is 5.83. The Hall–Kier alpha value is -1.41. The molecule has 1 heterocycles. The molecule has 0 unspecified atom stereocenters. The highest BCUT2D eigenvalue weighted by atomic mass is 79.9. The Morgan fingerprint density at radius 2 is 2.28 bits per heavy atom. The first-order valence-electron chi connectivity index (χ1n) is 5.83. The third-order valence-corrected chi connectivity index (χ3v) is 3.63. The van der Waals surface area contributed by atoms with Crippen LogP contribution in [0.15, 0.2) is 22.9 Å². The van der Waals surface area contributed by atoms with Crippen molar-refractivity contribution in [3.8, 4) is 6.07 Å². The number of hydrogen-bond acceptors (Lipinski definition) is 3. The van der Waals surface area contributed by atoms with E-state index in [1.165, 1.54) is 0 Å². The van der Waals surface area contributed by atoms with Gasteiger partial charge in [0.15, 0.2) is 0 Å². The van der Waals surface area contributed by atoms with Gasteiger partial charge in [0.25, 0.3) is 5.91 Å². The number of carbonyl (C=O) groups is 1. The Labute approximate surface area is 115 Å². The van der Waals surface area contributed by atoms with Crippen LogP contribution in [-0.2, 0) is 0 Å². The number of halogens is 1. The molecule has 0 N–H and O–H groups in total. The number of hydrogen-bond donors (Lipinski definition) is 0. The van der Waals surface area contributed by atoms with Crippen LogP contribution in [0.25, 0.3) is 0 Å². The highest BCUT2D eigenvalue weighted by Gasteiger charge is 2.42. The summed E-state index contributed by atoms with van der Waals surface area (Å²) in [5.41, 5.74) is -0.291. The number of aromatic nitrogens is 1. The zero-order valence-corrected chi connectivity index (χ0v) is 11.9. The average molecular weight is 308 g/mol. The zero-order valence-electron chi connectivity index (χ0n) is 10.4. The van der Waals surface area contributed by atoms with E-state index >= 15 is 0 Å². The summed E-state index contributed by atoms with van der Waals surface area (Å²) in [7, 11) is 0. The van der Waals surface area contributed by atoms with E-state index in [1.807, 2.05) is 0 Å². The normalized spacial score (nSPS) is 15.0. The molecule has 0 saturated heterocycles. The fourth-order valence-corrected chi connectivity index (χ4v) is 2.36. The van der Waals surface area contributed by atoms with E-state index in [9.17, 15) is 10.1 Å². The van der Waals surface area contributed by atoms with Crippen molar-refractivity contribution < 1.29 is 4.79 Å². The minimum absolute atomic E-state index is 0.135. The summed E-state index contributed by atoms with van der Waals surface area (Å²) in [6.07, 6.45) is 3.56. The third kappa shape index (κ3) is 2.39. The van der Waals surface area contributed by atoms with Gasteiger partial charge in [-0.1, -0.05) is 0 Å². The summed E-state index contributed by atoms with van der Waals surface area (Å²) in [5, 5.41) is 9.23.